The van der Waals surface area contributed by atoms with Gasteiger partial charge in [-0.2, -0.15) is 10.4 Å². The third-order valence-corrected chi connectivity index (χ3v) is 3.63. The average molecular weight is 332 g/mol. The lowest BCUT2D eigenvalue weighted by atomic mass is 10.1. The number of benzene rings is 1. The van der Waals surface area contributed by atoms with E-state index in [0.717, 1.165) is 5.56 Å². The number of rotatable bonds is 3. The molecule has 0 unspecified atom stereocenters. The highest BCUT2D eigenvalue weighted by atomic mass is 16.1. The number of nitrogens with zero attached hydrogens (tertiary/aromatic N) is 5. The fourth-order valence-corrected chi connectivity index (χ4v) is 2.43. The zero-order valence-corrected chi connectivity index (χ0v) is 13.8. The van der Waals surface area contributed by atoms with Crippen LogP contribution in [0.4, 0.5) is 5.82 Å². The molecule has 7 heteroatoms. The first kappa shape index (κ1) is 16.3. The van der Waals surface area contributed by atoms with Gasteiger partial charge >= 0.3 is 0 Å². The third-order valence-electron chi connectivity index (χ3n) is 3.63. The minimum Gasteiger partial charge on any atom is -0.381 e. The second kappa shape index (κ2) is 6.53. The molecule has 0 aliphatic carbocycles. The van der Waals surface area contributed by atoms with Crippen molar-refractivity contribution >= 4 is 5.82 Å². The maximum Gasteiger partial charge on any atom is 0.267 e. The number of anilines is 1. The van der Waals surface area contributed by atoms with Crippen LogP contribution >= 0.6 is 0 Å². The van der Waals surface area contributed by atoms with Crippen molar-refractivity contribution in [3.8, 4) is 28.7 Å². The van der Waals surface area contributed by atoms with Gasteiger partial charge in [0, 0.05) is 11.6 Å². The highest BCUT2D eigenvalue weighted by molar-refractivity contribution is 5.77. The van der Waals surface area contributed by atoms with Crippen molar-refractivity contribution in [2.45, 2.75) is 19.9 Å². The van der Waals surface area contributed by atoms with Gasteiger partial charge in [-0.25, -0.2) is 14.6 Å². The zero-order chi connectivity index (χ0) is 18.0. The summed E-state index contributed by atoms with van der Waals surface area (Å²) in [6.07, 6.45) is 0. The topological polar surface area (TPSA) is 110 Å². The Morgan fingerprint density at radius 2 is 1.80 bits per heavy atom. The van der Waals surface area contributed by atoms with Crippen LogP contribution in [0.25, 0.3) is 22.6 Å². The molecule has 2 heterocycles. The summed E-state index contributed by atoms with van der Waals surface area (Å²) in [5.74, 6) is 0.0290. The van der Waals surface area contributed by atoms with Crippen molar-refractivity contribution in [1.29, 1.82) is 5.26 Å². The summed E-state index contributed by atoms with van der Waals surface area (Å²) in [6, 6.07) is 14.2. The van der Waals surface area contributed by atoms with Crippen LogP contribution in [0.1, 0.15) is 25.6 Å². The van der Waals surface area contributed by atoms with Crippen LogP contribution in [-0.4, -0.2) is 19.7 Å². The Hall–Kier alpha value is -3.53. The summed E-state index contributed by atoms with van der Waals surface area (Å²) in [5.41, 5.74) is 7.88. The quantitative estimate of drug-likeness (QED) is 0.788. The van der Waals surface area contributed by atoms with Crippen molar-refractivity contribution in [2.24, 2.45) is 0 Å². The lowest BCUT2D eigenvalue weighted by Crippen LogP contribution is -2.24. The fourth-order valence-electron chi connectivity index (χ4n) is 2.43. The molecule has 0 saturated carbocycles. The average Bonchev–Trinajstić information content (AvgIpc) is 2.62. The summed E-state index contributed by atoms with van der Waals surface area (Å²) in [6.45, 7) is 3.74. The number of hydrogen-bond donors (Lipinski definition) is 1. The molecule has 0 fully saturated rings. The molecule has 1 aromatic carbocycles. The lowest BCUT2D eigenvalue weighted by Gasteiger charge is -2.13. The molecule has 0 aliphatic rings. The number of nitriles is 1. The Kier molecular flexibility index (Phi) is 4.27. The smallest absolute Gasteiger partial charge is 0.267 e. The largest absolute Gasteiger partial charge is 0.381 e. The Bertz CT molecular complexity index is 1020. The molecule has 0 spiro atoms. The minimum absolute atomic E-state index is 0.0290. The van der Waals surface area contributed by atoms with Crippen molar-refractivity contribution in [1.82, 2.24) is 19.7 Å². The monoisotopic (exact) mass is 332 g/mol. The van der Waals surface area contributed by atoms with E-state index in [2.05, 4.69) is 15.1 Å². The maximum atomic E-state index is 12.0. The van der Waals surface area contributed by atoms with Crippen LogP contribution in [0.15, 0.2) is 47.3 Å². The molecule has 7 nitrogen and oxygen atoms in total. The molecule has 2 aromatic heterocycles. The highest BCUT2D eigenvalue weighted by Gasteiger charge is 2.17. The summed E-state index contributed by atoms with van der Waals surface area (Å²) in [4.78, 5) is 20.7. The van der Waals surface area contributed by atoms with Gasteiger partial charge in [0.1, 0.15) is 17.5 Å². The Morgan fingerprint density at radius 3 is 2.44 bits per heavy atom. The van der Waals surface area contributed by atoms with Gasteiger partial charge in [-0.05, 0) is 19.9 Å². The van der Waals surface area contributed by atoms with Gasteiger partial charge in [0.25, 0.3) is 5.56 Å². The van der Waals surface area contributed by atoms with E-state index in [1.54, 1.807) is 6.07 Å². The normalized spacial score (nSPS) is 10.6. The standard InChI is InChI=1S/C18H16N6O/c1-11(2)24-15(25)9-8-13(23-24)17-16(12-6-4-3-5-7-12)21-14(10-19)18(20)22-17/h3-9,11H,1-2H3,(H2,20,22). The van der Waals surface area contributed by atoms with Crippen LogP contribution in [-0.2, 0) is 0 Å². The summed E-state index contributed by atoms with van der Waals surface area (Å²) in [7, 11) is 0. The van der Waals surface area contributed by atoms with Crippen LogP contribution in [0, 0.1) is 11.3 Å². The van der Waals surface area contributed by atoms with E-state index in [1.807, 2.05) is 50.2 Å². The molecule has 0 bridgehead atoms. The van der Waals surface area contributed by atoms with Crippen LogP contribution in [0.5, 0.6) is 0 Å². The molecule has 0 aliphatic heterocycles. The first-order valence-electron chi connectivity index (χ1n) is 7.74. The van der Waals surface area contributed by atoms with Gasteiger partial charge in [0.2, 0.25) is 0 Å². The van der Waals surface area contributed by atoms with E-state index in [9.17, 15) is 10.1 Å². The SMILES string of the molecule is CC(C)n1nc(-c2nc(N)c(C#N)nc2-c2ccccc2)ccc1=O. The summed E-state index contributed by atoms with van der Waals surface area (Å²) >= 11 is 0. The zero-order valence-electron chi connectivity index (χ0n) is 13.8. The van der Waals surface area contributed by atoms with E-state index in [0.29, 0.717) is 17.1 Å². The van der Waals surface area contributed by atoms with E-state index < -0.39 is 0 Å². The Labute approximate surface area is 144 Å². The molecule has 124 valence electrons. The van der Waals surface area contributed by atoms with E-state index >= 15 is 0 Å². The predicted octanol–water partition coefficient (Wildman–Crippen LogP) is 2.40. The maximum absolute atomic E-state index is 12.0. The van der Waals surface area contributed by atoms with Crippen molar-refractivity contribution in [3.63, 3.8) is 0 Å². The lowest BCUT2D eigenvalue weighted by molar-refractivity contribution is 0.504. The van der Waals surface area contributed by atoms with Gasteiger partial charge in [-0.3, -0.25) is 4.79 Å². The second-order valence-electron chi connectivity index (χ2n) is 5.73. The van der Waals surface area contributed by atoms with Gasteiger partial charge < -0.3 is 5.73 Å². The van der Waals surface area contributed by atoms with Crippen LogP contribution in [0.2, 0.25) is 0 Å². The highest BCUT2D eigenvalue weighted by Crippen LogP contribution is 2.29. The van der Waals surface area contributed by atoms with Gasteiger partial charge in [0.05, 0.1) is 11.7 Å². The molecular weight excluding hydrogens is 316 g/mol. The fraction of sp³-hybridized carbons (Fsp3) is 0.167. The van der Waals surface area contributed by atoms with E-state index in [-0.39, 0.29) is 23.1 Å². The second-order valence-corrected chi connectivity index (χ2v) is 5.73. The number of nitrogen functional groups attached to an aromatic ring is 1. The van der Waals surface area contributed by atoms with Gasteiger partial charge in [-0.1, -0.05) is 30.3 Å². The molecular formula is C18H16N6O. The molecule has 0 saturated heterocycles. The summed E-state index contributed by atoms with van der Waals surface area (Å²) in [5, 5.41) is 13.6. The molecule has 0 radical (unpaired) electrons. The molecule has 3 rings (SSSR count). The molecule has 3 aromatic rings. The first-order chi connectivity index (χ1) is 12.0. The van der Waals surface area contributed by atoms with Gasteiger partial charge in [-0.15, -0.1) is 0 Å². The molecule has 0 amide bonds. The molecule has 0 atom stereocenters. The molecule has 2 N–H and O–H groups in total. The number of hydrogen-bond acceptors (Lipinski definition) is 6. The Balaban J connectivity index is 2.30. The van der Waals surface area contributed by atoms with Crippen molar-refractivity contribution in [2.75, 3.05) is 5.73 Å². The molecule has 25 heavy (non-hydrogen) atoms. The third kappa shape index (κ3) is 3.10. The minimum atomic E-state index is -0.199. The van der Waals surface area contributed by atoms with E-state index in [1.165, 1.54) is 10.7 Å². The van der Waals surface area contributed by atoms with Crippen LogP contribution < -0.4 is 11.3 Å². The van der Waals surface area contributed by atoms with Crippen LogP contribution in [0.3, 0.4) is 0 Å². The van der Waals surface area contributed by atoms with Crippen molar-refractivity contribution in [3.05, 3.63) is 58.5 Å². The number of nitrogens with two attached hydrogens (primary N) is 1. The van der Waals surface area contributed by atoms with Crippen molar-refractivity contribution < 1.29 is 0 Å². The number of aromatic nitrogens is 4. The predicted molar refractivity (Wildman–Crippen MR) is 94.5 cm³/mol. The van der Waals surface area contributed by atoms with E-state index in [4.69, 9.17) is 5.73 Å². The summed E-state index contributed by atoms with van der Waals surface area (Å²) < 4.78 is 1.38. The Morgan fingerprint density at radius 1 is 1.08 bits per heavy atom. The first-order valence-corrected chi connectivity index (χ1v) is 7.74. The van der Waals surface area contributed by atoms with Gasteiger partial charge in [0.15, 0.2) is 11.5 Å².